The first-order valence-electron chi connectivity index (χ1n) is 7.55. The highest BCUT2D eigenvalue weighted by Crippen LogP contribution is 2.31. The van der Waals surface area contributed by atoms with Gasteiger partial charge in [0.25, 0.3) is 0 Å². The summed E-state index contributed by atoms with van der Waals surface area (Å²) in [6.45, 7) is 2.12. The summed E-state index contributed by atoms with van der Waals surface area (Å²) in [5, 5.41) is 3.47. The third kappa shape index (κ3) is 4.42. The van der Waals surface area contributed by atoms with Crippen LogP contribution in [-0.2, 0) is 0 Å². The van der Waals surface area contributed by atoms with Crippen LogP contribution >= 0.6 is 0 Å². The summed E-state index contributed by atoms with van der Waals surface area (Å²) in [5.41, 5.74) is 1.07. The van der Waals surface area contributed by atoms with Gasteiger partial charge >= 0.3 is 0 Å². The van der Waals surface area contributed by atoms with Crippen LogP contribution in [0.2, 0.25) is 0 Å². The van der Waals surface area contributed by atoms with E-state index in [9.17, 15) is 0 Å². The molecule has 0 atom stereocenters. The van der Waals surface area contributed by atoms with Crippen LogP contribution in [0, 0.1) is 5.92 Å². The van der Waals surface area contributed by atoms with Gasteiger partial charge in [-0.1, -0.05) is 30.3 Å². The molecule has 1 fully saturated rings. The lowest BCUT2D eigenvalue weighted by Gasteiger charge is -2.13. The van der Waals surface area contributed by atoms with Gasteiger partial charge in [-0.3, -0.25) is 0 Å². The Hall–Kier alpha value is -2.16. The summed E-state index contributed by atoms with van der Waals surface area (Å²) in [6, 6.07) is 17.9. The van der Waals surface area contributed by atoms with E-state index in [1.807, 2.05) is 48.5 Å². The number of ether oxygens (including phenoxy) is 2. The van der Waals surface area contributed by atoms with Crippen LogP contribution < -0.4 is 14.8 Å². The first-order chi connectivity index (χ1) is 10.4. The van der Waals surface area contributed by atoms with Crippen molar-refractivity contribution in [2.75, 3.05) is 25.1 Å². The molecule has 0 bridgehead atoms. The smallest absolute Gasteiger partial charge is 0.142 e. The van der Waals surface area contributed by atoms with E-state index >= 15 is 0 Å². The van der Waals surface area contributed by atoms with Gasteiger partial charge < -0.3 is 14.8 Å². The molecule has 3 nitrogen and oxygen atoms in total. The fraction of sp³-hybridized carbons (Fsp3) is 0.333. The summed E-state index contributed by atoms with van der Waals surface area (Å²) in [4.78, 5) is 0. The van der Waals surface area contributed by atoms with Crippen LogP contribution in [0.4, 0.5) is 5.69 Å². The molecule has 110 valence electrons. The monoisotopic (exact) mass is 283 g/mol. The Labute approximate surface area is 125 Å². The zero-order chi connectivity index (χ0) is 14.3. The van der Waals surface area contributed by atoms with Crippen molar-refractivity contribution in [2.24, 2.45) is 5.92 Å². The quantitative estimate of drug-likeness (QED) is 0.744. The van der Waals surface area contributed by atoms with E-state index in [4.69, 9.17) is 9.47 Å². The predicted octanol–water partition coefficient (Wildman–Crippen LogP) is 3.97. The lowest BCUT2D eigenvalue weighted by molar-refractivity contribution is 0.218. The molecule has 0 radical (unpaired) electrons. The number of para-hydroxylation sites is 3. The third-order valence-electron chi connectivity index (χ3n) is 3.52. The Balaban J connectivity index is 1.45. The summed E-state index contributed by atoms with van der Waals surface area (Å²) in [6.07, 6.45) is 2.70. The highest BCUT2D eigenvalue weighted by molar-refractivity contribution is 5.56. The van der Waals surface area contributed by atoms with Crippen molar-refractivity contribution in [1.82, 2.24) is 0 Å². The number of rotatable bonds is 8. The van der Waals surface area contributed by atoms with E-state index < -0.39 is 0 Å². The average Bonchev–Trinajstić information content (AvgIpc) is 3.36. The summed E-state index contributed by atoms with van der Waals surface area (Å²) in [7, 11) is 0. The minimum Gasteiger partial charge on any atom is -0.490 e. The Kier molecular flexibility index (Phi) is 4.62. The normalized spacial score (nSPS) is 13.7. The van der Waals surface area contributed by atoms with Crippen LogP contribution in [0.1, 0.15) is 12.8 Å². The number of anilines is 1. The molecule has 2 aromatic rings. The standard InChI is InChI=1S/C18H21NO2/c1-2-6-16(7-3-1)20-12-13-21-18-9-5-4-8-17(18)19-14-15-10-11-15/h1-9,15,19H,10-14H2. The maximum atomic E-state index is 5.82. The number of hydrogen-bond acceptors (Lipinski definition) is 3. The van der Waals surface area contributed by atoms with Crippen molar-refractivity contribution in [3.63, 3.8) is 0 Å². The molecular formula is C18H21NO2. The Morgan fingerprint density at radius 2 is 1.57 bits per heavy atom. The zero-order valence-electron chi connectivity index (χ0n) is 12.1. The average molecular weight is 283 g/mol. The topological polar surface area (TPSA) is 30.5 Å². The fourth-order valence-corrected chi connectivity index (χ4v) is 2.14. The SMILES string of the molecule is c1ccc(OCCOc2ccccc2NCC2CC2)cc1. The highest BCUT2D eigenvalue weighted by Gasteiger charge is 2.20. The molecule has 0 heterocycles. The molecule has 1 aliphatic rings. The molecule has 0 saturated heterocycles. The van der Waals surface area contributed by atoms with Gasteiger partial charge in [0.15, 0.2) is 0 Å². The third-order valence-corrected chi connectivity index (χ3v) is 3.52. The van der Waals surface area contributed by atoms with Crippen LogP contribution in [0.3, 0.4) is 0 Å². The maximum Gasteiger partial charge on any atom is 0.142 e. The summed E-state index contributed by atoms with van der Waals surface area (Å²) in [5.74, 6) is 2.62. The van der Waals surface area contributed by atoms with Gasteiger partial charge in [-0.05, 0) is 43.0 Å². The molecule has 21 heavy (non-hydrogen) atoms. The lowest BCUT2D eigenvalue weighted by atomic mass is 10.3. The Morgan fingerprint density at radius 1 is 0.857 bits per heavy atom. The molecule has 0 spiro atoms. The number of hydrogen-bond donors (Lipinski definition) is 1. The molecule has 0 unspecified atom stereocenters. The molecule has 3 heteroatoms. The van der Waals surface area contributed by atoms with Crippen molar-refractivity contribution in [2.45, 2.75) is 12.8 Å². The first-order valence-corrected chi connectivity index (χ1v) is 7.55. The Morgan fingerprint density at radius 3 is 2.38 bits per heavy atom. The zero-order valence-corrected chi connectivity index (χ0v) is 12.1. The lowest BCUT2D eigenvalue weighted by Crippen LogP contribution is -2.11. The minimum absolute atomic E-state index is 0.539. The van der Waals surface area contributed by atoms with Crippen LogP contribution in [0.15, 0.2) is 54.6 Å². The van der Waals surface area contributed by atoms with Crippen molar-refractivity contribution in [3.8, 4) is 11.5 Å². The van der Waals surface area contributed by atoms with Gasteiger partial charge in [0.1, 0.15) is 24.7 Å². The van der Waals surface area contributed by atoms with E-state index in [0.717, 1.165) is 29.6 Å². The van der Waals surface area contributed by atoms with Crippen molar-refractivity contribution in [1.29, 1.82) is 0 Å². The molecular weight excluding hydrogens is 262 g/mol. The molecule has 1 aliphatic carbocycles. The summed E-state index contributed by atoms with van der Waals surface area (Å²) < 4.78 is 11.5. The summed E-state index contributed by atoms with van der Waals surface area (Å²) >= 11 is 0. The number of benzene rings is 2. The van der Waals surface area contributed by atoms with E-state index in [0.29, 0.717) is 13.2 Å². The molecule has 0 amide bonds. The minimum atomic E-state index is 0.539. The molecule has 3 rings (SSSR count). The fourth-order valence-electron chi connectivity index (χ4n) is 2.14. The molecule has 1 N–H and O–H groups in total. The first kappa shape index (κ1) is 13.8. The van der Waals surface area contributed by atoms with Gasteiger partial charge in [-0.25, -0.2) is 0 Å². The van der Waals surface area contributed by atoms with E-state index in [-0.39, 0.29) is 0 Å². The van der Waals surface area contributed by atoms with E-state index in [1.165, 1.54) is 12.8 Å². The second-order valence-corrected chi connectivity index (χ2v) is 5.33. The maximum absolute atomic E-state index is 5.82. The molecule has 0 aromatic heterocycles. The molecule has 2 aromatic carbocycles. The molecule has 0 aliphatic heterocycles. The van der Waals surface area contributed by atoms with Crippen LogP contribution in [0.5, 0.6) is 11.5 Å². The van der Waals surface area contributed by atoms with Gasteiger partial charge in [0.05, 0.1) is 5.69 Å². The second-order valence-electron chi connectivity index (χ2n) is 5.33. The van der Waals surface area contributed by atoms with Gasteiger partial charge in [0, 0.05) is 6.54 Å². The molecule has 1 saturated carbocycles. The van der Waals surface area contributed by atoms with Gasteiger partial charge in [-0.15, -0.1) is 0 Å². The van der Waals surface area contributed by atoms with Crippen LogP contribution in [0.25, 0.3) is 0 Å². The van der Waals surface area contributed by atoms with Crippen molar-refractivity contribution in [3.05, 3.63) is 54.6 Å². The van der Waals surface area contributed by atoms with Crippen LogP contribution in [-0.4, -0.2) is 19.8 Å². The second kappa shape index (κ2) is 7.02. The van der Waals surface area contributed by atoms with Gasteiger partial charge in [-0.2, -0.15) is 0 Å². The number of nitrogens with one attached hydrogen (secondary N) is 1. The van der Waals surface area contributed by atoms with Crippen molar-refractivity contribution >= 4 is 5.69 Å². The largest absolute Gasteiger partial charge is 0.490 e. The van der Waals surface area contributed by atoms with E-state index in [1.54, 1.807) is 0 Å². The van der Waals surface area contributed by atoms with E-state index in [2.05, 4.69) is 11.4 Å². The highest BCUT2D eigenvalue weighted by atomic mass is 16.5. The van der Waals surface area contributed by atoms with Gasteiger partial charge in [0.2, 0.25) is 0 Å². The Bertz CT molecular complexity index is 552. The van der Waals surface area contributed by atoms with Crippen molar-refractivity contribution < 1.29 is 9.47 Å². The predicted molar refractivity (Wildman–Crippen MR) is 85.1 cm³/mol.